The number of nitrogens with two attached hydrogens (primary N) is 1. The van der Waals surface area contributed by atoms with E-state index in [0.717, 1.165) is 11.5 Å². The number of hydrogen-bond acceptors (Lipinski definition) is 5. The standard InChI is InChI=1S/C7H5N3O2S/c8-7-6-4(9-13-7)2-1-3-5(6)10(11)12/h1-3H,8H2. The summed E-state index contributed by atoms with van der Waals surface area (Å²) >= 11 is 1.07. The zero-order valence-electron chi connectivity index (χ0n) is 6.43. The van der Waals surface area contributed by atoms with E-state index in [1.54, 1.807) is 12.1 Å². The molecule has 1 heterocycles. The highest BCUT2D eigenvalue weighted by Gasteiger charge is 2.15. The van der Waals surface area contributed by atoms with Crippen molar-refractivity contribution in [3.8, 4) is 0 Å². The van der Waals surface area contributed by atoms with Gasteiger partial charge < -0.3 is 5.73 Å². The number of anilines is 1. The Kier molecular flexibility index (Phi) is 1.63. The van der Waals surface area contributed by atoms with Gasteiger partial charge in [-0.25, -0.2) is 0 Å². The molecule has 0 aliphatic carbocycles. The molecule has 0 bridgehead atoms. The number of fused-ring (bicyclic) bond motifs is 1. The van der Waals surface area contributed by atoms with Crippen LogP contribution in [0.5, 0.6) is 0 Å². The van der Waals surface area contributed by atoms with Crippen LogP contribution in [0.4, 0.5) is 10.7 Å². The first kappa shape index (κ1) is 7.93. The number of rotatable bonds is 1. The molecule has 0 atom stereocenters. The Morgan fingerprint density at radius 1 is 1.54 bits per heavy atom. The van der Waals surface area contributed by atoms with Crippen molar-refractivity contribution in [2.75, 3.05) is 5.73 Å². The number of nitro benzene ring substituents is 1. The van der Waals surface area contributed by atoms with Crippen LogP contribution in [0.3, 0.4) is 0 Å². The van der Waals surface area contributed by atoms with E-state index >= 15 is 0 Å². The lowest BCUT2D eigenvalue weighted by molar-refractivity contribution is -0.383. The van der Waals surface area contributed by atoms with Gasteiger partial charge in [0.25, 0.3) is 5.69 Å². The molecule has 6 heteroatoms. The smallest absolute Gasteiger partial charge is 0.281 e. The van der Waals surface area contributed by atoms with Gasteiger partial charge in [0.2, 0.25) is 0 Å². The van der Waals surface area contributed by atoms with Gasteiger partial charge in [-0.1, -0.05) is 6.07 Å². The minimum atomic E-state index is -0.451. The Morgan fingerprint density at radius 2 is 2.31 bits per heavy atom. The number of nitrogens with zero attached hydrogens (tertiary/aromatic N) is 2. The lowest BCUT2D eigenvalue weighted by Gasteiger charge is -1.92. The van der Waals surface area contributed by atoms with E-state index in [2.05, 4.69) is 4.37 Å². The Bertz CT molecular complexity index is 480. The third kappa shape index (κ3) is 1.11. The number of aromatic nitrogens is 1. The van der Waals surface area contributed by atoms with Gasteiger partial charge in [-0.3, -0.25) is 10.1 Å². The zero-order chi connectivity index (χ0) is 9.42. The van der Waals surface area contributed by atoms with Gasteiger partial charge in [0.1, 0.15) is 10.4 Å². The molecular weight excluding hydrogens is 190 g/mol. The summed E-state index contributed by atoms with van der Waals surface area (Å²) in [5, 5.41) is 11.4. The molecule has 0 spiro atoms. The van der Waals surface area contributed by atoms with Crippen molar-refractivity contribution in [3.63, 3.8) is 0 Å². The number of benzene rings is 1. The van der Waals surface area contributed by atoms with Crippen molar-refractivity contribution in [1.29, 1.82) is 0 Å². The topological polar surface area (TPSA) is 82.0 Å². The molecule has 1 aromatic carbocycles. The maximum absolute atomic E-state index is 10.6. The fraction of sp³-hybridized carbons (Fsp3) is 0. The number of nitrogen functional groups attached to an aromatic ring is 1. The SMILES string of the molecule is Nc1snc2cccc([N+](=O)[O-])c12. The molecule has 2 aromatic rings. The summed E-state index contributed by atoms with van der Waals surface area (Å²) in [5.41, 5.74) is 6.16. The number of nitro groups is 1. The van der Waals surface area contributed by atoms with E-state index in [4.69, 9.17) is 5.73 Å². The minimum Gasteiger partial charge on any atom is -0.389 e. The van der Waals surface area contributed by atoms with E-state index in [-0.39, 0.29) is 5.69 Å². The van der Waals surface area contributed by atoms with Crippen molar-refractivity contribution in [2.24, 2.45) is 0 Å². The Balaban J connectivity index is 2.88. The van der Waals surface area contributed by atoms with Gasteiger partial charge >= 0.3 is 0 Å². The van der Waals surface area contributed by atoms with E-state index in [1.807, 2.05) is 0 Å². The fourth-order valence-electron chi connectivity index (χ4n) is 1.15. The van der Waals surface area contributed by atoms with Gasteiger partial charge in [-0.05, 0) is 17.6 Å². The van der Waals surface area contributed by atoms with Crippen LogP contribution in [0, 0.1) is 10.1 Å². The lowest BCUT2D eigenvalue weighted by atomic mass is 10.2. The number of non-ortho nitro benzene ring substituents is 1. The number of hydrogen-bond donors (Lipinski definition) is 1. The van der Waals surface area contributed by atoms with Gasteiger partial charge in [-0.15, -0.1) is 0 Å². The van der Waals surface area contributed by atoms with Gasteiger partial charge in [0.05, 0.1) is 10.4 Å². The van der Waals surface area contributed by atoms with Crippen molar-refractivity contribution in [2.45, 2.75) is 0 Å². The summed E-state index contributed by atoms with van der Waals surface area (Å²) in [6.45, 7) is 0. The van der Waals surface area contributed by atoms with Crippen molar-refractivity contribution in [3.05, 3.63) is 28.3 Å². The predicted octanol–water partition coefficient (Wildman–Crippen LogP) is 1.79. The van der Waals surface area contributed by atoms with Crippen LogP contribution >= 0.6 is 11.5 Å². The molecule has 5 nitrogen and oxygen atoms in total. The van der Waals surface area contributed by atoms with Crippen LogP contribution in [0.2, 0.25) is 0 Å². The van der Waals surface area contributed by atoms with Crippen LogP contribution in [-0.4, -0.2) is 9.30 Å². The first-order valence-corrected chi connectivity index (χ1v) is 4.26. The summed E-state index contributed by atoms with van der Waals surface area (Å²) in [6, 6.07) is 4.72. The van der Waals surface area contributed by atoms with Crippen molar-refractivity contribution < 1.29 is 4.92 Å². The molecule has 0 fully saturated rings. The predicted molar refractivity (Wildman–Crippen MR) is 50.7 cm³/mol. The largest absolute Gasteiger partial charge is 0.389 e. The first-order chi connectivity index (χ1) is 6.20. The Hall–Kier alpha value is -1.69. The minimum absolute atomic E-state index is 0.0174. The van der Waals surface area contributed by atoms with Gasteiger partial charge in [0.15, 0.2) is 0 Å². The van der Waals surface area contributed by atoms with Crippen LogP contribution in [0.1, 0.15) is 0 Å². The third-order valence-corrected chi connectivity index (χ3v) is 2.39. The second-order valence-electron chi connectivity index (χ2n) is 2.48. The fourth-order valence-corrected chi connectivity index (χ4v) is 1.80. The first-order valence-electron chi connectivity index (χ1n) is 3.48. The average Bonchev–Trinajstić information content (AvgIpc) is 2.48. The molecule has 0 saturated heterocycles. The summed E-state index contributed by atoms with van der Waals surface area (Å²) in [7, 11) is 0. The van der Waals surface area contributed by atoms with Gasteiger partial charge in [-0.2, -0.15) is 4.37 Å². The Morgan fingerprint density at radius 3 is 3.00 bits per heavy atom. The Labute approximate surface area is 77.1 Å². The van der Waals surface area contributed by atoms with Gasteiger partial charge in [0, 0.05) is 6.07 Å². The summed E-state index contributed by atoms with van der Waals surface area (Å²) < 4.78 is 3.97. The maximum atomic E-state index is 10.6. The molecule has 13 heavy (non-hydrogen) atoms. The molecule has 2 N–H and O–H groups in total. The summed E-state index contributed by atoms with van der Waals surface area (Å²) in [5.74, 6) is 0. The molecular formula is C7H5N3O2S. The monoisotopic (exact) mass is 195 g/mol. The van der Waals surface area contributed by atoms with E-state index in [0.29, 0.717) is 15.9 Å². The molecule has 0 radical (unpaired) electrons. The highest BCUT2D eigenvalue weighted by Crippen LogP contribution is 2.32. The van der Waals surface area contributed by atoms with Crippen LogP contribution in [0.25, 0.3) is 10.9 Å². The third-order valence-electron chi connectivity index (χ3n) is 1.71. The molecule has 0 unspecified atom stereocenters. The molecule has 0 saturated carbocycles. The van der Waals surface area contributed by atoms with Crippen molar-refractivity contribution in [1.82, 2.24) is 4.37 Å². The zero-order valence-corrected chi connectivity index (χ0v) is 7.25. The summed E-state index contributed by atoms with van der Waals surface area (Å²) in [6.07, 6.45) is 0. The van der Waals surface area contributed by atoms with E-state index < -0.39 is 4.92 Å². The molecule has 0 aliphatic heterocycles. The molecule has 2 rings (SSSR count). The van der Waals surface area contributed by atoms with Crippen LogP contribution < -0.4 is 5.73 Å². The molecule has 1 aromatic heterocycles. The molecule has 66 valence electrons. The second kappa shape index (κ2) is 2.67. The second-order valence-corrected chi connectivity index (χ2v) is 3.28. The van der Waals surface area contributed by atoms with Crippen molar-refractivity contribution >= 4 is 33.1 Å². The molecule has 0 aliphatic rings. The molecule has 0 amide bonds. The summed E-state index contributed by atoms with van der Waals surface area (Å²) in [4.78, 5) is 10.1. The van der Waals surface area contributed by atoms with Crippen LogP contribution in [-0.2, 0) is 0 Å². The lowest BCUT2D eigenvalue weighted by Crippen LogP contribution is -1.90. The van der Waals surface area contributed by atoms with Crippen LogP contribution in [0.15, 0.2) is 18.2 Å². The highest BCUT2D eigenvalue weighted by molar-refractivity contribution is 7.11. The van der Waals surface area contributed by atoms with E-state index in [1.165, 1.54) is 6.07 Å². The maximum Gasteiger partial charge on any atom is 0.281 e. The van der Waals surface area contributed by atoms with E-state index in [9.17, 15) is 10.1 Å². The normalized spacial score (nSPS) is 10.5. The highest BCUT2D eigenvalue weighted by atomic mass is 32.1. The average molecular weight is 195 g/mol. The quantitative estimate of drug-likeness (QED) is 0.555.